The van der Waals surface area contributed by atoms with Crippen molar-refractivity contribution in [2.75, 3.05) is 0 Å². The van der Waals surface area contributed by atoms with Crippen molar-refractivity contribution in [2.24, 2.45) is 0 Å². The molecule has 3 aromatic heterocycles. The van der Waals surface area contributed by atoms with Crippen LogP contribution < -0.4 is 0 Å². The lowest BCUT2D eigenvalue weighted by atomic mass is 10.2. The van der Waals surface area contributed by atoms with E-state index in [0.29, 0.717) is 11.3 Å². The number of carboxylic acid groups (broad SMARTS) is 1. The van der Waals surface area contributed by atoms with Crippen LogP contribution in [0.1, 0.15) is 16.2 Å². The number of aromatic carboxylic acids is 1. The van der Waals surface area contributed by atoms with Gasteiger partial charge in [-0.25, -0.2) is 9.78 Å². The first-order valence-corrected chi connectivity index (χ1v) is 5.80. The topological polar surface area (TPSA) is 67.5 Å². The summed E-state index contributed by atoms with van der Waals surface area (Å²) in [4.78, 5) is 19.5. The fraction of sp³-hybridized carbons (Fsp3) is 0.0714. The van der Waals surface area contributed by atoms with Crippen LogP contribution in [-0.2, 0) is 0 Å². The molecule has 0 saturated carbocycles. The zero-order chi connectivity index (χ0) is 13.4. The van der Waals surface area contributed by atoms with Crippen molar-refractivity contribution in [1.29, 1.82) is 0 Å². The van der Waals surface area contributed by atoms with Gasteiger partial charge >= 0.3 is 5.97 Å². The van der Waals surface area contributed by atoms with E-state index in [1.165, 1.54) is 0 Å². The molecule has 0 bridgehead atoms. The molecule has 19 heavy (non-hydrogen) atoms. The van der Waals surface area contributed by atoms with Crippen molar-refractivity contribution in [3.63, 3.8) is 0 Å². The van der Waals surface area contributed by atoms with Gasteiger partial charge in [0, 0.05) is 23.7 Å². The van der Waals surface area contributed by atoms with E-state index in [4.69, 9.17) is 0 Å². The summed E-state index contributed by atoms with van der Waals surface area (Å²) in [6.07, 6.45) is 3.32. The van der Waals surface area contributed by atoms with Gasteiger partial charge in [0.25, 0.3) is 0 Å². The third kappa shape index (κ3) is 1.76. The normalized spacial score (nSPS) is 10.8. The quantitative estimate of drug-likeness (QED) is 0.761. The van der Waals surface area contributed by atoms with Gasteiger partial charge in [-0.2, -0.15) is 0 Å². The predicted octanol–water partition coefficient (Wildman–Crippen LogP) is 2.40. The summed E-state index contributed by atoms with van der Waals surface area (Å²) in [6, 6.07) is 9.13. The average Bonchev–Trinajstić information content (AvgIpc) is 2.81. The number of pyridine rings is 2. The summed E-state index contributed by atoms with van der Waals surface area (Å²) in [7, 11) is 0. The van der Waals surface area contributed by atoms with E-state index in [-0.39, 0.29) is 5.69 Å². The molecule has 1 N–H and O–H groups in total. The highest BCUT2D eigenvalue weighted by Gasteiger charge is 2.18. The number of nitrogens with zero attached hydrogens (tertiary/aromatic N) is 3. The largest absolute Gasteiger partial charge is 0.476 e. The summed E-state index contributed by atoms with van der Waals surface area (Å²) in [6.45, 7) is 1.92. The minimum Gasteiger partial charge on any atom is -0.476 e. The molecule has 0 aromatic carbocycles. The fourth-order valence-corrected chi connectivity index (χ4v) is 2.15. The molecule has 0 amide bonds. The van der Waals surface area contributed by atoms with Crippen molar-refractivity contribution >= 4 is 11.5 Å². The Morgan fingerprint density at radius 3 is 2.63 bits per heavy atom. The van der Waals surface area contributed by atoms with Crippen LogP contribution in [0.25, 0.3) is 16.9 Å². The molecule has 3 heterocycles. The Morgan fingerprint density at radius 1 is 1.21 bits per heavy atom. The molecule has 0 aliphatic heterocycles. The number of aromatic nitrogens is 3. The number of imidazole rings is 1. The van der Waals surface area contributed by atoms with Gasteiger partial charge < -0.3 is 5.11 Å². The van der Waals surface area contributed by atoms with Crippen LogP contribution in [0.15, 0.2) is 42.7 Å². The van der Waals surface area contributed by atoms with Gasteiger partial charge in [0.05, 0.1) is 5.52 Å². The van der Waals surface area contributed by atoms with Crippen LogP contribution in [0.5, 0.6) is 0 Å². The second kappa shape index (κ2) is 4.20. The molecule has 0 radical (unpaired) electrons. The van der Waals surface area contributed by atoms with E-state index in [2.05, 4.69) is 9.97 Å². The molecule has 0 unspecified atom stereocenters. The first-order chi connectivity index (χ1) is 9.18. The zero-order valence-corrected chi connectivity index (χ0v) is 10.2. The van der Waals surface area contributed by atoms with Crippen LogP contribution in [-0.4, -0.2) is 25.4 Å². The highest BCUT2D eigenvalue weighted by molar-refractivity contribution is 5.95. The lowest BCUT2D eigenvalue weighted by molar-refractivity contribution is 0.0693. The SMILES string of the molecule is Cc1cccc2c(C(=O)O)nc(-c3ccncc3)n12. The van der Waals surface area contributed by atoms with Crippen molar-refractivity contribution in [1.82, 2.24) is 14.4 Å². The minimum absolute atomic E-state index is 0.0653. The minimum atomic E-state index is -1.02. The van der Waals surface area contributed by atoms with E-state index >= 15 is 0 Å². The fourth-order valence-electron chi connectivity index (χ4n) is 2.15. The van der Waals surface area contributed by atoms with Gasteiger partial charge in [-0.15, -0.1) is 0 Å². The highest BCUT2D eigenvalue weighted by Crippen LogP contribution is 2.23. The number of hydrogen-bond acceptors (Lipinski definition) is 3. The monoisotopic (exact) mass is 253 g/mol. The molecule has 0 atom stereocenters. The number of rotatable bonds is 2. The Morgan fingerprint density at radius 2 is 1.95 bits per heavy atom. The molecule has 0 aliphatic carbocycles. The summed E-state index contributed by atoms with van der Waals surface area (Å²) < 4.78 is 1.85. The second-order valence-corrected chi connectivity index (χ2v) is 4.21. The van der Waals surface area contributed by atoms with Gasteiger partial charge in [0.15, 0.2) is 5.69 Å². The molecule has 5 nitrogen and oxygen atoms in total. The van der Waals surface area contributed by atoms with Crippen LogP contribution in [0.2, 0.25) is 0 Å². The third-order valence-electron chi connectivity index (χ3n) is 3.00. The van der Waals surface area contributed by atoms with Crippen molar-refractivity contribution < 1.29 is 9.90 Å². The van der Waals surface area contributed by atoms with Crippen LogP contribution in [0.4, 0.5) is 0 Å². The lowest BCUT2D eigenvalue weighted by Gasteiger charge is -2.04. The van der Waals surface area contributed by atoms with Gasteiger partial charge in [0.2, 0.25) is 0 Å². The molecule has 94 valence electrons. The number of aryl methyl sites for hydroxylation is 1. The molecular formula is C14H11N3O2. The number of hydrogen-bond donors (Lipinski definition) is 1. The van der Waals surface area contributed by atoms with E-state index in [1.807, 2.05) is 35.6 Å². The summed E-state index contributed by atoms with van der Waals surface area (Å²) in [5, 5.41) is 9.25. The van der Waals surface area contributed by atoms with E-state index in [0.717, 1.165) is 11.3 Å². The number of carboxylic acids is 1. The molecule has 3 aromatic rings. The maximum absolute atomic E-state index is 11.3. The Labute approximate surface area is 109 Å². The maximum atomic E-state index is 11.3. The Bertz CT molecular complexity index is 763. The Kier molecular flexibility index (Phi) is 2.52. The summed E-state index contributed by atoms with van der Waals surface area (Å²) in [5.74, 6) is -0.406. The smallest absolute Gasteiger partial charge is 0.356 e. The van der Waals surface area contributed by atoms with Gasteiger partial charge in [-0.1, -0.05) is 6.07 Å². The van der Waals surface area contributed by atoms with E-state index in [9.17, 15) is 9.90 Å². The van der Waals surface area contributed by atoms with Gasteiger partial charge in [-0.3, -0.25) is 9.38 Å². The average molecular weight is 253 g/mol. The first-order valence-electron chi connectivity index (χ1n) is 5.80. The summed E-state index contributed by atoms with van der Waals surface area (Å²) >= 11 is 0. The van der Waals surface area contributed by atoms with Crippen LogP contribution in [0.3, 0.4) is 0 Å². The molecule has 5 heteroatoms. The zero-order valence-electron chi connectivity index (χ0n) is 10.2. The molecule has 0 spiro atoms. The van der Waals surface area contributed by atoms with Crippen LogP contribution >= 0.6 is 0 Å². The maximum Gasteiger partial charge on any atom is 0.356 e. The summed E-state index contributed by atoms with van der Waals surface area (Å²) in [5.41, 5.74) is 2.44. The Hall–Kier alpha value is -2.69. The standard InChI is InChI=1S/C14H11N3O2/c1-9-3-2-4-11-12(14(18)19)16-13(17(9)11)10-5-7-15-8-6-10/h2-8H,1H3,(H,18,19). The van der Waals surface area contributed by atoms with E-state index in [1.54, 1.807) is 18.5 Å². The van der Waals surface area contributed by atoms with Crippen molar-refractivity contribution in [3.05, 3.63) is 54.1 Å². The molecule has 3 rings (SSSR count). The molecule has 0 aliphatic rings. The third-order valence-corrected chi connectivity index (χ3v) is 3.00. The molecular weight excluding hydrogens is 242 g/mol. The number of fused-ring (bicyclic) bond motifs is 1. The van der Waals surface area contributed by atoms with Crippen LogP contribution in [0, 0.1) is 6.92 Å². The van der Waals surface area contributed by atoms with Gasteiger partial charge in [0.1, 0.15) is 5.82 Å². The van der Waals surface area contributed by atoms with E-state index < -0.39 is 5.97 Å². The Balaban J connectivity index is 2.40. The molecule has 0 saturated heterocycles. The molecule has 0 fully saturated rings. The second-order valence-electron chi connectivity index (χ2n) is 4.21. The number of carbonyl (C=O) groups is 1. The lowest BCUT2D eigenvalue weighted by Crippen LogP contribution is -1.97. The van der Waals surface area contributed by atoms with Gasteiger partial charge in [-0.05, 0) is 31.2 Å². The predicted molar refractivity (Wildman–Crippen MR) is 70.1 cm³/mol. The first kappa shape index (κ1) is 11.4. The van der Waals surface area contributed by atoms with Crippen molar-refractivity contribution in [2.45, 2.75) is 6.92 Å². The highest BCUT2D eigenvalue weighted by atomic mass is 16.4. The van der Waals surface area contributed by atoms with Crippen molar-refractivity contribution in [3.8, 4) is 11.4 Å².